The second-order valence-corrected chi connectivity index (χ2v) is 6.30. The lowest BCUT2D eigenvalue weighted by atomic mass is 10.1. The van der Waals surface area contributed by atoms with Gasteiger partial charge in [-0.1, -0.05) is 29.5 Å². The van der Waals surface area contributed by atoms with Crippen LogP contribution in [0, 0.1) is 11.6 Å². The predicted octanol–water partition coefficient (Wildman–Crippen LogP) is 5.55. The van der Waals surface area contributed by atoms with Crippen molar-refractivity contribution in [1.29, 1.82) is 0 Å². The van der Waals surface area contributed by atoms with E-state index < -0.39 is 40.7 Å². The van der Waals surface area contributed by atoms with Gasteiger partial charge in [0.15, 0.2) is 10.8 Å². The highest BCUT2D eigenvalue weighted by molar-refractivity contribution is 7.19. The molecule has 140 valence electrons. The Kier molecular flexibility index (Phi) is 4.83. The van der Waals surface area contributed by atoms with Gasteiger partial charge in [-0.05, 0) is 29.8 Å². The Labute approximate surface area is 152 Å². The fourth-order valence-corrected chi connectivity index (χ4v) is 3.23. The highest BCUT2D eigenvalue weighted by Crippen LogP contribution is 2.38. The Balaban J connectivity index is 2.06. The zero-order valence-electron chi connectivity index (χ0n) is 13.1. The molecule has 27 heavy (non-hydrogen) atoms. The molecule has 0 amide bonds. The fourth-order valence-electron chi connectivity index (χ4n) is 2.28. The number of aromatic carboxylic acids is 1. The third-order valence-corrected chi connectivity index (χ3v) is 4.50. The molecule has 0 fully saturated rings. The Hall–Kier alpha value is -3.01. The number of carbonyl (C=O) groups is 1. The minimum Gasteiger partial charge on any atom is -0.476 e. The average molecular weight is 400 g/mol. The van der Waals surface area contributed by atoms with E-state index in [1.807, 2.05) is 0 Å². The van der Waals surface area contributed by atoms with Crippen molar-refractivity contribution in [2.24, 2.45) is 0 Å². The zero-order chi connectivity index (χ0) is 19.8. The van der Waals surface area contributed by atoms with Crippen LogP contribution in [-0.4, -0.2) is 16.1 Å². The maximum atomic E-state index is 13.7. The summed E-state index contributed by atoms with van der Waals surface area (Å²) in [4.78, 5) is 15.1. The van der Waals surface area contributed by atoms with E-state index in [1.165, 1.54) is 6.07 Å². The number of hydrogen-bond acceptors (Lipinski definition) is 4. The van der Waals surface area contributed by atoms with Crippen molar-refractivity contribution < 1.29 is 31.9 Å². The summed E-state index contributed by atoms with van der Waals surface area (Å²) < 4.78 is 66.2. The molecule has 0 atom stereocenters. The standard InChI is InChI=1S/C17H9F5N2O2S/c18-10-5-2-6-11(19)12(10)23-16-24-13(15(25)26)14(27-16)8-3-1-4-9(7-8)17(20,21)22/h1-7H,(H,23,24)(H,25,26). The molecule has 0 saturated heterocycles. The Morgan fingerprint density at radius 3 is 2.30 bits per heavy atom. The number of aromatic nitrogens is 1. The molecule has 0 aliphatic heterocycles. The molecule has 3 aromatic rings. The van der Waals surface area contributed by atoms with Crippen molar-refractivity contribution in [1.82, 2.24) is 4.98 Å². The maximum Gasteiger partial charge on any atom is 0.416 e. The number of rotatable bonds is 4. The molecule has 2 aromatic carbocycles. The Bertz CT molecular complexity index is 997. The summed E-state index contributed by atoms with van der Waals surface area (Å²) in [6.07, 6.45) is -4.61. The van der Waals surface area contributed by atoms with Crippen LogP contribution >= 0.6 is 11.3 Å². The number of nitrogens with one attached hydrogen (secondary N) is 1. The van der Waals surface area contributed by atoms with Crippen LogP contribution in [0.2, 0.25) is 0 Å². The molecular formula is C17H9F5N2O2S. The largest absolute Gasteiger partial charge is 0.476 e. The van der Waals surface area contributed by atoms with Gasteiger partial charge in [0.05, 0.1) is 10.4 Å². The normalized spacial score (nSPS) is 11.4. The maximum absolute atomic E-state index is 13.7. The molecule has 0 bridgehead atoms. The molecule has 1 aromatic heterocycles. The van der Waals surface area contributed by atoms with Crippen LogP contribution in [0.5, 0.6) is 0 Å². The lowest BCUT2D eigenvalue weighted by molar-refractivity contribution is -0.137. The number of carboxylic acids is 1. The number of thiazole rings is 1. The Morgan fingerprint density at radius 1 is 1.07 bits per heavy atom. The summed E-state index contributed by atoms with van der Waals surface area (Å²) >= 11 is 0.669. The molecule has 0 radical (unpaired) electrons. The van der Waals surface area contributed by atoms with Crippen molar-refractivity contribution in [3.63, 3.8) is 0 Å². The molecular weight excluding hydrogens is 391 g/mol. The van der Waals surface area contributed by atoms with Crippen LogP contribution < -0.4 is 5.32 Å². The van der Waals surface area contributed by atoms with E-state index >= 15 is 0 Å². The highest BCUT2D eigenvalue weighted by Gasteiger charge is 2.31. The molecule has 0 spiro atoms. The summed E-state index contributed by atoms with van der Waals surface area (Å²) in [5.74, 6) is -3.34. The van der Waals surface area contributed by atoms with Gasteiger partial charge in [0.25, 0.3) is 0 Å². The minimum atomic E-state index is -4.61. The third-order valence-electron chi connectivity index (χ3n) is 3.48. The van der Waals surface area contributed by atoms with Gasteiger partial charge < -0.3 is 10.4 Å². The first-order valence-corrected chi connectivity index (χ1v) is 8.11. The number of benzene rings is 2. The number of carboxylic acid groups (broad SMARTS) is 1. The minimum absolute atomic E-state index is 0.0261. The predicted molar refractivity (Wildman–Crippen MR) is 89.2 cm³/mol. The van der Waals surface area contributed by atoms with Gasteiger partial charge in [-0.25, -0.2) is 18.6 Å². The SMILES string of the molecule is O=C(O)c1nc(Nc2c(F)cccc2F)sc1-c1cccc(C(F)(F)F)c1. The number of para-hydroxylation sites is 1. The van der Waals surface area contributed by atoms with Crippen LogP contribution in [0.15, 0.2) is 42.5 Å². The van der Waals surface area contributed by atoms with Crippen molar-refractivity contribution in [2.45, 2.75) is 6.18 Å². The van der Waals surface area contributed by atoms with Crippen LogP contribution in [-0.2, 0) is 6.18 Å². The second-order valence-electron chi connectivity index (χ2n) is 5.30. The van der Waals surface area contributed by atoms with E-state index in [4.69, 9.17) is 0 Å². The fraction of sp³-hybridized carbons (Fsp3) is 0.0588. The van der Waals surface area contributed by atoms with E-state index in [0.717, 1.165) is 36.4 Å². The number of hydrogen-bond donors (Lipinski definition) is 2. The summed E-state index contributed by atoms with van der Waals surface area (Å²) in [6.45, 7) is 0. The third kappa shape index (κ3) is 3.90. The molecule has 0 saturated carbocycles. The van der Waals surface area contributed by atoms with Crippen molar-refractivity contribution >= 4 is 28.1 Å². The molecule has 2 N–H and O–H groups in total. The van der Waals surface area contributed by atoms with E-state index in [0.29, 0.717) is 11.3 Å². The molecule has 3 rings (SSSR count). The van der Waals surface area contributed by atoms with Crippen molar-refractivity contribution in [3.8, 4) is 10.4 Å². The zero-order valence-corrected chi connectivity index (χ0v) is 14.0. The van der Waals surface area contributed by atoms with E-state index in [2.05, 4.69) is 10.3 Å². The van der Waals surface area contributed by atoms with Crippen LogP contribution in [0.25, 0.3) is 10.4 Å². The quantitative estimate of drug-likeness (QED) is 0.564. The molecule has 0 aliphatic rings. The van der Waals surface area contributed by atoms with Gasteiger partial charge >= 0.3 is 12.1 Å². The number of anilines is 2. The van der Waals surface area contributed by atoms with Crippen LogP contribution in [0.3, 0.4) is 0 Å². The molecule has 4 nitrogen and oxygen atoms in total. The van der Waals surface area contributed by atoms with Gasteiger partial charge in [0.2, 0.25) is 0 Å². The number of nitrogens with zero attached hydrogens (tertiary/aromatic N) is 1. The van der Waals surface area contributed by atoms with Crippen molar-refractivity contribution in [2.75, 3.05) is 5.32 Å². The topological polar surface area (TPSA) is 62.2 Å². The summed E-state index contributed by atoms with van der Waals surface area (Å²) in [5.41, 5.74) is -2.06. The van der Waals surface area contributed by atoms with Gasteiger partial charge in [-0.3, -0.25) is 0 Å². The summed E-state index contributed by atoms with van der Waals surface area (Å²) in [5, 5.41) is 11.5. The van der Waals surface area contributed by atoms with Crippen LogP contribution in [0.1, 0.15) is 16.1 Å². The van der Waals surface area contributed by atoms with Gasteiger partial charge in [0, 0.05) is 0 Å². The average Bonchev–Trinajstić information content (AvgIpc) is 3.02. The first-order valence-electron chi connectivity index (χ1n) is 7.29. The summed E-state index contributed by atoms with van der Waals surface area (Å²) in [6, 6.07) is 7.19. The Morgan fingerprint density at radius 2 is 1.70 bits per heavy atom. The van der Waals surface area contributed by atoms with E-state index in [9.17, 15) is 31.9 Å². The first-order chi connectivity index (χ1) is 12.7. The summed E-state index contributed by atoms with van der Waals surface area (Å²) in [7, 11) is 0. The lowest BCUT2D eigenvalue weighted by Crippen LogP contribution is -2.05. The van der Waals surface area contributed by atoms with Crippen LogP contribution in [0.4, 0.5) is 32.8 Å². The monoisotopic (exact) mass is 400 g/mol. The first kappa shape index (κ1) is 18.8. The molecule has 10 heteroatoms. The molecule has 0 aliphatic carbocycles. The highest BCUT2D eigenvalue weighted by atomic mass is 32.1. The van der Waals surface area contributed by atoms with Gasteiger partial charge in [-0.2, -0.15) is 13.2 Å². The van der Waals surface area contributed by atoms with E-state index in [1.54, 1.807) is 0 Å². The van der Waals surface area contributed by atoms with Gasteiger partial charge in [-0.15, -0.1) is 0 Å². The smallest absolute Gasteiger partial charge is 0.416 e. The molecule has 1 heterocycles. The van der Waals surface area contributed by atoms with Crippen molar-refractivity contribution in [3.05, 3.63) is 65.4 Å². The van der Waals surface area contributed by atoms with E-state index in [-0.39, 0.29) is 15.6 Å². The van der Waals surface area contributed by atoms with Gasteiger partial charge in [0.1, 0.15) is 17.3 Å². The molecule has 0 unspecified atom stereocenters. The number of alkyl halides is 3. The lowest BCUT2D eigenvalue weighted by Gasteiger charge is -2.08. The second kappa shape index (κ2) is 6.95. The number of halogens is 5.